The summed E-state index contributed by atoms with van der Waals surface area (Å²) >= 11 is 1.07. The van der Waals surface area contributed by atoms with E-state index in [0.29, 0.717) is 12.5 Å². The summed E-state index contributed by atoms with van der Waals surface area (Å²) in [5, 5.41) is 2.76. The number of sulfonamides is 1. The van der Waals surface area contributed by atoms with Crippen LogP contribution in [0.3, 0.4) is 0 Å². The van der Waals surface area contributed by atoms with Crippen LogP contribution in [0.2, 0.25) is 0 Å². The predicted molar refractivity (Wildman–Crippen MR) is 190 cm³/mol. The van der Waals surface area contributed by atoms with Gasteiger partial charge in [0.05, 0.1) is 18.2 Å². The predicted octanol–water partition coefficient (Wildman–Crippen LogP) is 6.34. The number of nitrogens with one attached hydrogen (secondary N) is 1. The molecule has 2 aliphatic carbocycles. The molecule has 2 aromatic heterocycles. The highest BCUT2D eigenvalue weighted by atomic mass is 32.2. The van der Waals surface area contributed by atoms with E-state index in [4.69, 9.17) is 4.74 Å². The quantitative estimate of drug-likeness (QED) is 0.253. The van der Waals surface area contributed by atoms with Crippen molar-refractivity contribution in [2.24, 2.45) is 5.41 Å². The number of carbonyl (C=O) groups is 2. The minimum Gasteiger partial charge on any atom is -0.497 e. The molecule has 2 saturated heterocycles. The maximum absolute atomic E-state index is 15.0. The summed E-state index contributed by atoms with van der Waals surface area (Å²) in [5.74, 6) is 0.822. The van der Waals surface area contributed by atoms with Gasteiger partial charge in [0.1, 0.15) is 9.96 Å². The first-order chi connectivity index (χ1) is 23.7. The van der Waals surface area contributed by atoms with Crippen molar-refractivity contribution in [3.8, 4) is 17.0 Å². The largest absolute Gasteiger partial charge is 0.497 e. The van der Waals surface area contributed by atoms with Gasteiger partial charge in [-0.05, 0) is 98.0 Å². The number of ether oxygens (including phenoxy) is 1. The highest BCUT2D eigenvalue weighted by molar-refractivity contribution is 7.92. The summed E-state index contributed by atoms with van der Waals surface area (Å²) in [4.78, 5) is 33.2. The van der Waals surface area contributed by atoms with Crippen LogP contribution in [-0.2, 0) is 21.4 Å². The van der Waals surface area contributed by atoms with Crippen LogP contribution in [-0.4, -0.2) is 73.9 Å². The van der Waals surface area contributed by atoms with E-state index >= 15 is 4.79 Å². The number of methoxy groups -OCH3 is 1. The number of fused-ring (bicyclic) bond motifs is 9. The Morgan fingerprint density at radius 3 is 2.47 bits per heavy atom. The van der Waals surface area contributed by atoms with Crippen LogP contribution in [0.1, 0.15) is 84.7 Å². The second-order valence-electron chi connectivity index (χ2n) is 15.0. The van der Waals surface area contributed by atoms with Crippen molar-refractivity contribution in [3.63, 3.8) is 0 Å². The van der Waals surface area contributed by atoms with E-state index in [1.165, 1.54) is 36.5 Å². The normalized spacial score (nSPS) is 26.5. The maximum Gasteiger partial charge on any atom is 0.273 e. The topological polar surface area (TPSA) is 101 Å². The van der Waals surface area contributed by atoms with Gasteiger partial charge in [-0.15, -0.1) is 11.3 Å². The van der Waals surface area contributed by atoms with E-state index in [-0.39, 0.29) is 33.7 Å². The Hall–Kier alpha value is -3.67. The molecule has 4 fully saturated rings. The summed E-state index contributed by atoms with van der Waals surface area (Å²) in [6.45, 7) is 2.34. The van der Waals surface area contributed by atoms with Crippen molar-refractivity contribution in [2.75, 3.05) is 27.2 Å². The third-order valence-electron chi connectivity index (χ3n) is 12.1. The zero-order chi connectivity index (χ0) is 33.7. The smallest absolute Gasteiger partial charge is 0.273 e. The van der Waals surface area contributed by atoms with E-state index < -0.39 is 21.3 Å². The number of rotatable bonds is 6. The standard InChI is InChI=1S/C38H42N4O5S2/c1-40-20-25-11-12-26(21-40)42(25)37(44)38-19-31(38)30-18-27(47-2)13-15-28(30)35-34(23-7-4-3-5-8-23)29-14-10-24(17-32(29)41(35)22-38)36(43)39-49(45,46)33-9-6-16-48-33/h6,9-10,13-18,23,25-26,31H,3-5,7-8,11-12,19-22H2,1-2H3,(H,39,43). The van der Waals surface area contributed by atoms with Gasteiger partial charge in [-0.3, -0.25) is 9.59 Å². The van der Waals surface area contributed by atoms with Crippen LogP contribution in [0.15, 0.2) is 58.1 Å². The van der Waals surface area contributed by atoms with Crippen LogP contribution in [0.25, 0.3) is 22.2 Å². The highest BCUT2D eigenvalue weighted by Gasteiger charge is 2.65. The van der Waals surface area contributed by atoms with Crippen LogP contribution < -0.4 is 9.46 Å². The number of amides is 2. The number of thiophene rings is 1. The van der Waals surface area contributed by atoms with Gasteiger partial charge in [0.15, 0.2) is 0 Å². The minimum absolute atomic E-state index is 0.0701. The maximum atomic E-state index is 15.0. The van der Waals surface area contributed by atoms with Crippen molar-refractivity contribution in [1.29, 1.82) is 0 Å². The molecule has 4 atom stereocenters. The van der Waals surface area contributed by atoms with Gasteiger partial charge in [0.25, 0.3) is 15.9 Å². The van der Waals surface area contributed by atoms with Crippen LogP contribution >= 0.6 is 11.3 Å². The molecule has 4 aromatic rings. The summed E-state index contributed by atoms with van der Waals surface area (Å²) in [6.07, 6.45) is 8.62. The Morgan fingerprint density at radius 1 is 0.980 bits per heavy atom. The minimum atomic E-state index is -4.00. The fourth-order valence-corrected chi connectivity index (χ4v) is 11.7. The van der Waals surface area contributed by atoms with Gasteiger partial charge in [-0.25, -0.2) is 13.1 Å². The molecule has 256 valence electrons. The fraction of sp³-hybridized carbons (Fsp3) is 0.474. The lowest BCUT2D eigenvalue weighted by atomic mass is 9.81. The Labute approximate surface area is 291 Å². The molecular weight excluding hydrogens is 657 g/mol. The summed E-state index contributed by atoms with van der Waals surface area (Å²) in [5.41, 5.74) is 5.33. The Balaban J connectivity index is 1.22. The first-order valence-corrected chi connectivity index (χ1v) is 20.0. The molecule has 11 heteroatoms. The van der Waals surface area contributed by atoms with Gasteiger partial charge >= 0.3 is 0 Å². The lowest BCUT2D eigenvalue weighted by Gasteiger charge is -2.41. The van der Waals surface area contributed by atoms with Crippen molar-refractivity contribution < 1.29 is 22.7 Å². The van der Waals surface area contributed by atoms with Gasteiger partial charge in [0, 0.05) is 59.7 Å². The molecule has 9 nitrogen and oxygen atoms in total. The van der Waals surface area contributed by atoms with Gasteiger partial charge in [0.2, 0.25) is 5.91 Å². The first-order valence-electron chi connectivity index (χ1n) is 17.6. The highest BCUT2D eigenvalue weighted by Crippen LogP contribution is 2.66. The molecule has 0 spiro atoms. The number of carbonyl (C=O) groups excluding carboxylic acids is 2. The monoisotopic (exact) mass is 698 g/mol. The third-order valence-corrected chi connectivity index (χ3v) is 14.8. The van der Waals surface area contributed by atoms with E-state index in [9.17, 15) is 13.2 Å². The van der Waals surface area contributed by atoms with Crippen LogP contribution in [0.4, 0.5) is 0 Å². The fourth-order valence-electron chi connectivity index (χ4n) is 9.77. The number of benzene rings is 2. The van der Waals surface area contributed by atoms with Gasteiger partial charge in [-0.1, -0.05) is 31.4 Å². The van der Waals surface area contributed by atoms with Crippen molar-refractivity contribution in [3.05, 3.63) is 70.6 Å². The average Bonchev–Trinajstić information content (AvgIpc) is 3.33. The zero-order valence-corrected chi connectivity index (χ0v) is 29.6. The van der Waals surface area contributed by atoms with Crippen molar-refractivity contribution in [1.82, 2.24) is 19.1 Å². The summed E-state index contributed by atoms with van der Waals surface area (Å²) in [7, 11) is -0.144. The van der Waals surface area contributed by atoms with Crippen molar-refractivity contribution in [2.45, 2.75) is 86.0 Å². The number of piperazine rings is 1. The molecule has 49 heavy (non-hydrogen) atoms. The molecule has 5 heterocycles. The molecule has 5 aliphatic rings. The average molecular weight is 699 g/mol. The number of nitrogens with zero attached hydrogens (tertiary/aromatic N) is 3. The number of likely N-dealkylation sites (N-methyl/N-ethyl adjacent to an activating group) is 1. The molecule has 1 N–H and O–H groups in total. The van der Waals surface area contributed by atoms with E-state index in [0.717, 1.165) is 84.4 Å². The Morgan fingerprint density at radius 2 is 1.76 bits per heavy atom. The second kappa shape index (κ2) is 11.4. The molecule has 4 unspecified atom stereocenters. The van der Waals surface area contributed by atoms with E-state index in [1.54, 1.807) is 24.6 Å². The second-order valence-corrected chi connectivity index (χ2v) is 17.8. The van der Waals surface area contributed by atoms with Gasteiger partial charge in [-0.2, -0.15) is 0 Å². The summed E-state index contributed by atoms with van der Waals surface area (Å²) in [6, 6.07) is 15.6. The molecule has 3 aliphatic heterocycles. The zero-order valence-electron chi connectivity index (χ0n) is 28.0. The Bertz CT molecular complexity index is 2090. The molecule has 0 radical (unpaired) electrons. The number of hydrogen-bond acceptors (Lipinski definition) is 7. The molecule has 2 bridgehead atoms. The third kappa shape index (κ3) is 4.90. The molecule has 2 aromatic carbocycles. The molecule has 2 amide bonds. The molecule has 2 saturated carbocycles. The van der Waals surface area contributed by atoms with E-state index in [2.05, 4.69) is 38.3 Å². The van der Waals surface area contributed by atoms with E-state index in [1.807, 2.05) is 18.2 Å². The number of aromatic nitrogens is 1. The summed E-state index contributed by atoms with van der Waals surface area (Å²) < 4.78 is 36.5. The Kier molecular flexibility index (Phi) is 7.31. The number of hydrogen-bond donors (Lipinski definition) is 1. The molecule has 9 rings (SSSR count). The van der Waals surface area contributed by atoms with Crippen LogP contribution in [0, 0.1) is 5.41 Å². The molecular formula is C38H42N4O5S2. The van der Waals surface area contributed by atoms with Crippen LogP contribution in [0.5, 0.6) is 5.75 Å². The lowest BCUT2D eigenvalue weighted by Crippen LogP contribution is -2.57. The number of likely N-dealkylation sites (tertiary alicyclic amines) is 1. The van der Waals surface area contributed by atoms with Crippen molar-refractivity contribution >= 4 is 44.1 Å². The lowest BCUT2D eigenvalue weighted by molar-refractivity contribution is -0.143. The van der Waals surface area contributed by atoms with Gasteiger partial charge < -0.3 is 19.1 Å². The SMILES string of the molecule is COc1ccc2c(c1)C1CC1(C(=O)N1C3CCC1CN(C)C3)Cn1c-2c(C2CCCCC2)c2ccc(C(=O)NS(=O)(=O)c3cccs3)cc21. The first kappa shape index (κ1) is 31.3.